The second-order valence-corrected chi connectivity index (χ2v) is 5.53. The Bertz CT molecular complexity index is 466. The summed E-state index contributed by atoms with van der Waals surface area (Å²) in [7, 11) is 0. The minimum absolute atomic E-state index is 0.0800. The molecular weight excluding hydrogens is 214 g/mol. The van der Waals surface area contributed by atoms with E-state index in [2.05, 4.69) is 31.0 Å². The molecule has 3 rings (SSSR count). The smallest absolute Gasteiger partial charge is 0.220 e. The Balaban J connectivity index is 1.83. The topological polar surface area (TPSA) is 34.1 Å². The monoisotopic (exact) mass is 231 g/mol. The molecule has 0 spiro atoms. The number of aliphatic imine (C=N–C) groups is 1. The van der Waals surface area contributed by atoms with E-state index < -0.39 is 0 Å². The second kappa shape index (κ2) is 3.33. The summed E-state index contributed by atoms with van der Waals surface area (Å²) in [4.78, 5) is 4.60. The van der Waals surface area contributed by atoms with Crippen molar-refractivity contribution >= 4 is 5.90 Å². The van der Waals surface area contributed by atoms with E-state index >= 15 is 0 Å². The van der Waals surface area contributed by atoms with Gasteiger partial charge in [0.2, 0.25) is 5.90 Å². The Morgan fingerprint density at radius 1 is 1.18 bits per heavy atom. The van der Waals surface area contributed by atoms with Crippen molar-refractivity contribution in [3.05, 3.63) is 35.9 Å². The van der Waals surface area contributed by atoms with Crippen LogP contribution in [0.3, 0.4) is 0 Å². The SMILES string of the molecule is CC1(C)COC([C@@]2(C)O[C@@H]2c2ccccc2)=N1. The minimum Gasteiger partial charge on any atom is -0.476 e. The first-order chi connectivity index (χ1) is 8.01. The van der Waals surface area contributed by atoms with Crippen molar-refractivity contribution in [2.45, 2.75) is 38.0 Å². The van der Waals surface area contributed by atoms with Gasteiger partial charge in [0, 0.05) is 0 Å². The van der Waals surface area contributed by atoms with Crippen LogP contribution in [0.25, 0.3) is 0 Å². The molecule has 17 heavy (non-hydrogen) atoms. The molecule has 0 amide bonds. The third-order valence-corrected chi connectivity index (χ3v) is 3.30. The molecule has 1 saturated heterocycles. The van der Waals surface area contributed by atoms with Crippen LogP contribution in [0.1, 0.15) is 32.4 Å². The number of rotatable bonds is 2. The van der Waals surface area contributed by atoms with E-state index in [9.17, 15) is 0 Å². The van der Waals surface area contributed by atoms with Gasteiger partial charge in [-0.05, 0) is 26.3 Å². The van der Waals surface area contributed by atoms with E-state index in [1.807, 2.05) is 25.1 Å². The number of hydrogen-bond donors (Lipinski definition) is 0. The van der Waals surface area contributed by atoms with Gasteiger partial charge in [0.15, 0.2) is 5.60 Å². The number of benzene rings is 1. The van der Waals surface area contributed by atoms with Crippen LogP contribution in [0.2, 0.25) is 0 Å². The number of epoxide rings is 1. The van der Waals surface area contributed by atoms with Gasteiger partial charge in [0.1, 0.15) is 12.7 Å². The van der Waals surface area contributed by atoms with Crippen LogP contribution in [0, 0.1) is 0 Å². The van der Waals surface area contributed by atoms with Crippen LogP contribution in [0.4, 0.5) is 0 Å². The molecule has 0 radical (unpaired) electrons. The molecule has 90 valence electrons. The lowest BCUT2D eigenvalue weighted by molar-refractivity contribution is 0.251. The van der Waals surface area contributed by atoms with Gasteiger partial charge < -0.3 is 9.47 Å². The Labute approximate surface area is 101 Å². The summed E-state index contributed by atoms with van der Waals surface area (Å²) in [5.41, 5.74) is 0.701. The fourth-order valence-corrected chi connectivity index (χ4v) is 2.23. The summed E-state index contributed by atoms with van der Waals surface area (Å²) in [6.45, 7) is 6.83. The van der Waals surface area contributed by atoms with E-state index in [1.54, 1.807) is 0 Å². The predicted octanol–water partition coefficient (Wildman–Crippen LogP) is 2.72. The zero-order valence-corrected chi connectivity index (χ0v) is 10.4. The van der Waals surface area contributed by atoms with Crippen LogP contribution in [0.5, 0.6) is 0 Å². The molecule has 1 aromatic rings. The lowest BCUT2D eigenvalue weighted by Crippen LogP contribution is -2.21. The molecule has 2 aliphatic rings. The summed E-state index contributed by atoms with van der Waals surface area (Å²) >= 11 is 0. The fourth-order valence-electron chi connectivity index (χ4n) is 2.23. The number of hydrogen-bond acceptors (Lipinski definition) is 3. The van der Waals surface area contributed by atoms with Gasteiger partial charge in [-0.2, -0.15) is 0 Å². The van der Waals surface area contributed by atoms with Crippen molar-refractivity contribution in [2.75, 3.05) is 6.61 Å². The minimum atomic E-state index is -0.366. The third-order valence-electron chi connectivity index (χ3n) is 3.30. The molecule has 2 heterocycles. The third kappa shape index (κ3) is 1.75. The Kier molecular flexibility index (Phi) is 2.11. The molecule has 2 aliphatic heterocycles. The van der Waals surface area contributed by atoms with Gasteiger partial charge in [0.25, 0.3) is 0 Å². The van der Waals surface area contributed by atoms with Gasteiger partial charge in [-0.3, -0.25) is 0 Å². The zero-order valence-electron chi connectivity index (χ0n) is 10.4. The summed E-state index contributed by atoms with van der Waals surface area (Å²) in [6.07, 6.45) is 0.0800. The van der Waals surface area contributed by atoms with Crippen molar-refractivity contribution in [2.24, 2.45) is 4.99 Å². The zero-order chi connectivity index (χ0) is 12.1. The van der Waals surface area contributed by atoms with Gasteiger partial charge in [0.05, 0.1) is 5.54 Å². The highest BCUT2D eigenvalue weighted by Gasteiger charge is 2.60. The van der Waals surface area contributed by atoms with Crippen LogP contribution in [-0.4, -0.2) is 23.6 Å². The Morgan fingerprint density at radius 3 is 2.47 bits per heavy atom. The van der Waals surface area contributed by atoms with E-state index in [-0.39, 0.29) is 17.2 Å². The first-order valence-corrected chi connectivity index (χ1v) is 5.97. The van der Waals surface area contributed by atoms with Gasteiger partial charge in [-0.1, -0.05) is 30.3 Å². The average Bonchev–Trinajstić information content (AvgIpc) is 2.86. The van der Waals surface area contributed by atoms with Gasteiger partial charge in [-0.15, -0.1) is 0 Å². The van der Waals surface area contributed by atoms with E-state index in [4.69, 9.17) is 9.47 Å². The Hall–Kier alpha value is -1.35. The normalized spacial score (nSPS) is 34.1. The number of nitrogens with zero attached hydrogens (tertiary/aromatic N) is 1. The number of ether oxygens (including phenoxy) is 2. The maximum Gasteiger partial charge on any atom is 0.220 e. The highest BCUT2D eigenvalue weighted by molar-refractivity contribution is 5.90. The standard InChI is InChI=1S/C14H17NO2/c1-13(2)9-16-12(15-13)14(3)11(17-14)10-7-5-4-6-8-10/h4-8,11H,9H2,1-3H3/t11-,14+/m1/s1. The summed E-state index contributed by atoms with van der Waals surface area (Å²) in [5, 5.41) is 0. The lowest BCUT2D eigenvalue weighted by atomic mass is 10.0. The Morgan fingerprint density at radius 2 is 1.88 bits per heavy atom. The molecule has 1 fully saturated rings. The summed E-state index contributed by atoms with van der Waals surface area (Å²) < 4.78 is 11.5. The highest BCUT2D eigenvalue weighted by atomic mass is 16.6. The van der Waals surface area contributed by atoms with Crippen molar-refractivity contribution in [1.82, 2.24) is 0 Å². The van der Waals surface area contributed by atoms with Crippen molar-refractivity contribution < 1.29 is 9.47 Å². The molecule has 2 atom stereocenters. The quantitative estimate of drug-likeness (QED) is 0.733. The summed E-state index contributed by atoms with van der Waals surface area (Å²) in [5.74, 6) is 0.747. The molecule has 0 unspecified atom stereocenters. The predicted molar refractivity (Wildman–Crippen MR) is 66.1 cm³/mol. The average molecular weight is 231 g/mol. The van der Waals surface area contributed by atoms with Crippen molar-refractivity contribution in [3.63, 3.8) is 0 Å². The van der Waals surface area contributed by atoms with Gasteiger partial charge >= 0.3 is 0 Å². The maximum atomic E-state index is 5.81. The lowest BCUT2D eigenvalue weighted by Gasteiger charge is -2.07. The fraction of sp³-hybridized carbons (Fsp3) is 0.500. The molecule has 0 bridgehead atoms. The molecule has 0 aliphatic carbocycles. The molecule has 1 aromatic carbocycles. The second-order valence-electron chi connectivity index (χ2n) is 5.53. The van der Waals surface area contributed by atoms with Crippen molar-refractivity contribution in [3.8, 4) is 0 Å². The highest BCUT2D eigenvalue weighted by Crippen LogP contribution is 2.51. The first-order valence-electron chi connectivity index (χ1n) is 5.97. The maximum absolute atomic E-state index is 5.81. The van der Waals surface area contributed by atoms with Crippen molar-refractivity contribution in [1.29, 1.82) is 0 Å². The van der Waals surface area contributed by atoms with Crippen LogP contribution >= 0.6 is 0 Å². The van der Waals surface area contributed by atoms with E-state index in [0.29, 0.717) is 6.61 Å². The molecule has 3 nitrogen and oxygen atoms in total. The molecule has 0 N–H and O–H groups in total. The van der Waals surface area contributed by atoms with E-state index in [0.717, 1.165) is 5.90 Å². The summed E-state index contributed by atoms with van der Waals surface area (Å²) in [6, 6.07) is 10.2. The molecule has 0 saturated carbocycles. The molecular formula is C14H17NO2. The largest absolute Gasteiger partial charge is 0.476 e. The molecule has 3 heteroatoms. The van der Waals surface area contributed by atoms with Crippen LogP contribution < -0.4 is 0 Å². The molecule has 0 aromatic heterocycles. The van der Waals surface area contributed by atoms with E-state index in [1.165, 1.54) is 5.56 Å². The van der Waals surface area contributed by atoms with Crippen LogP contribution in [-0.2, 0) is 9.47 Å². The van der Waals surface area contributed by atoms with Gasteiger partial charge in [-0.25, -0.2) is 4.99 Å². The van der Waals surface area contributed by atoms with Crippen LogP contribution in [0.15, 0.2) is 35.3 Å². The first kappa shape index (κ1) is 10.8.